The molecule has 0 spiro atoms. The summed E-state index contributed by atoms with van der Waals surface area (Å²) in [6.45, 7) is 16.9. The molecule has 2 saturated heterocycles. The van der Waals surface area contributed by atoms with E-state index in [1.54, 1.807) is 14.1 Å². The Kier molecular flexibility index (Phi) is 11.7. The van der Waals surface area contributed by atoms with Crippen LogP contribution >= 0.6 is 0 Å². The quantitative estimate of drug-likeness (QED) is 0.429. The second kappa shape index (κ2) is 15.4. The first-order valence-corrected chi connectivity index (χ1v) is 15.9. The summed E-state index contributed by atoms with van der Waals surface area (Å²) in [7, 11) is 3.38. The Hall–Kier alpha value is -3.04. The van der Waals surface area contributed by atoms with Crippen LogP contribution in [0.5, 0.6) is 0 Å². The van der Waals surface area contributed by atoms with Crippen LogP contribution < -0.4 is 10.2 Å². The maximum absolute atomic E-state index is 9.43. The third-order valence-electron chi connectivity index (χ3n) is 8.98. The van der Waals surface area contributed by atoms with Crippen LogP contribution in [0.4, 0.5) is 17.5 Å². The van der Waals surface area contributed by atoms with Crippen LogP contribution in [0.1, 0.15) is 70.4 Å². The first-order valence-electron chi connectivity index (χ1n) is 15.9. The summed E-state index contributed by atoms with van der Waals surface area (Å²) in [5.41, 5.74) is 6.59. The molecule has 5 rings (SSSR count). The van der Waals surface area contributed by atoms with Crippen molar-refractivity contribution in [3.8, 4) is 0 Å². The van der Waals surface area contributed by atoms with Gasteiger partial charge in [-0.25, -0.2) is 15.0 Å². The van der Waals surface area contributed by atoms with Gasteiger partial charge in [0.05, 0.1) is 18.1 Å². The zero-order valence-electron chi connectivity index (χ0n) is 26.8. The highest BCUT2D eigenvalue weighted by Gasteiger charge is 2.27. The standard InChI is InChI=1S/C30H45N7.C3H7NO/c1-5-35-12-10-25(11-13-35)36-14-16-37(17-15-36)26-20-32-30(33-21-26)34-28-18-27(23(4)19-31-28)29(22(2)3)24-8-6-7-9-24;1-4(2)3-5/h18-21,24-25H,5-17H2,1-4H3,(H,31,32,33,34);3H,1-2H3. The number of carbonyl (C=O) groups excluding carboxylic acids is 1. The van der Waals surface area contributed by atoms with E-state index < -0.39 is 0 Å². The molecule has 3 aliphatic rings. The van der Waals surface area contributed by atoms with Gasteiger partial charge in [0.1, 0.15) is 5.82 Å². The lowest BCUT2D eigenvalue weighted by Gasteiger charge is -2.43. The van der Waals surface area contributed by atoms with Crippen molar-refractivity contribution in [2.75, 3.05) is 70.1 Å². The van der Waals surface area contributed by atoms with E-state index in [1.165, 1.54) is 85.3 Å². The van der Waals surface area contributed by atoms with Crippen molar-refractivity contribution in [2.45, 2.75) is 72.3 Å². The van der Waals surface area contributed by atoms with Gasteiger partial charge in [0.25, 0.3) is 0 Å². The van der Waals surface area contributed by atoms with Gasteiger partial charge in [0.2, 0.25) is 12.4 Å². The number of hydrogen-bond acceptors (Lipinski definition) is 8. The normalized spacial score (nSPS) is 18.8. The van der Waals surface area contributed by atoms with E-state index in [4.69, 9.17) is 0 Å². The third kappa shape index (κ3) is 8.51. The smallest absolute Gasteiger partial charge is 0.228 e. The molecule has 0 aromatic carbocycles. The average molecular weight is 577 g/mol. The van der Waals surface area contributed by atoms with Crippen molar-refractivity contribution >= 4 is 29.4 Å². The number of nitrogens with zero attached hydrogens (tertiary/aromatic N) is 7. The van der Waals surface area contributed by atoms with Gasteiger partial charge in [0.15, 0.2) is 0 Å². The molecular formula is C33H52N8O. The van der Waals surface area contributed by atoms with Gasteiger partial charge in [-0.1, -0.05) is 25.3 Å². The Bertz CT molecular complexity index is 1160. The van der Waals surface area contributed by atoms with Crippen LogP contribution in [0.3, 0.4) is 0 Å². The molecule has 1 aliphatic carbocycles. The second-order valence-electron chi connectivity index (χ2n) is 12.4. The maximum atomic E-state index is 9.43. The number of nitrogens with one attached hydrogen (secondary N) is 1. The lowest BCUT2D eigenvalue weighted by molar-refractivity contribution is -0.115. The first kappa shape index (κ1) is 31.9. The van der Waals surface area contributed by atoms with E-state index in [0.717, 1.165) is 50.1 Å². The number of rotatable bonds is 8. The summed E-state index contributed by atoms with van der Waals surface area (Å²) < 4.78 is 0. The second-order valence-corrected chi connectivity index (χ2v) is 12.4. The molecule has 2 aromatic heterocycles. The minimum absolute atomic E-state index is 0.604. The molecule has 0 atom stereocenters. The fourth-order valence-electron chi connectivity index (χ4n) is 6.60. The maximum Gasteiger partial charge on any atom is 0.228 e. The third-order valence-corrected chi connectivity index (χ3v) is 8.98. The van der Waals surface area contributed by atoms with Crippen LogP contribution in [0, 0.1) is 12.8 Å². The van der Waals surface area contributed by atoms with Gasteiger partial charge in [-0.3, -0.25) is 9.69 Å². The number of aromatic nitrogens is 3. The lowest BCUT2D eigenvalue weighted by Crippen LogP contribution is -2.53. The predicted molar refractivity (Wildman–Crippen MR) is 173 cm³/mol. The summed E-state index contributed by atoms with van der Waals surface area (Å²) in [5.74, 6) is 2.08. The molecule has 1 saturated carbocycles. The Morgan fingerprint density at radius 1 is 0.952 bits per heavy atom. The number of amides is 1. The van der Waals surface area contributed by atoms with Crippen molar-refractivity contribution in [1.82, 2.24) is 29.7 Å². The van der Waals surface area contributed by atoms with E-state index in [2.05, 4.69) is 68.7 Å². The number of likely N-dealkylation sites (tertiary alicyclic amines) is 1. The number of anilines is 3. The highest BCUT2D eigenvalue weighted by molar-refractivity contribution is 5.74. The van der Waals surface area contributed by atoms with Crippen LogP contribution in [0.2, 0.25) is 0 Å². The SMILES string of the molecule is CCN1CCC(N2CCN(c3cnc(Nc4cc(C(=C(C)C)C5CCCC5)c(C)cn4)nc3)CC2)CC1.CN(C)C=O. The van der Waals surface area contributed by atoms with E-state index in [1.807, 2.05) is 18.6 Å². The average Bonchev–Trinajstić information content (AvgIpc) is 3.54. The molecule has 2 aromatic rings. The summed E-state index contributed by atoms with van der Waals surface area (Å²) in [6.07, 6.45) is 14.5. The van der Waals surface area contributed by atoms with Crippen LogP contribution in [0.15, 0.2) is 30.2 Å². The number of carbonyl (C=O) groups is 1. The Labute approximate surface area is 253 Å². The van der Waals surface area contributed by atoms with Crippen molar-refractivity contribution in [3.05, 3.63) is 41.4 Å². The topological polar surface area (TPSA) is 80.7 Å². The van der Waals surface area contributed by atoms with Gasteiger partial charge >= 0.3 is 0 Å². The fraction of sp³-hybridized carbons (Fsp3) is 0.636. The van der Waals surface area contributed by atoms with E-state index in [9.17, 15) is 4.79 Å². The molecular weight excluding hydrogens is 524 g/mol. The van der Waals surface area contributed by atoms with Gasteiger partial charge in [-0.05, 0) is 94.8 Å². The number of aryl methyl sites for hydroxylation is 1. The molecule has 2 aliphatic heterocycles. The largest absolute Gasteiger partial charge is 0.366 e. The molecule has 0 bridgehead atoms. The van der Waals surface area contributed by atoms with Crippen molar-refractivity contribution in [3.63, 3.8) is 0 Å². The molecule has 230 valence electrons. The van der Waals surface area contributed by atoms with Gasteiger partial charge in [-0.15, -0.1) is 0 Å². The first-order chi connectivity index (χ1) is 20.3. The van der Waals surface area contributed by atoms with Crippen LogP contribution in [-0.2, 0) is 4.79 Å². The van der Waals surface area contributed by atoms with E-state index in [0.29, 0.717) is 11.9 Å². The zero-order valence-corrected chi connectivity index (χ0v) is 26.8. The molecule has 9 nitrogen and oxygen atoms in total. The predicted octanol–water partition coefficient (Wildman–Crippen LogP) is 5.22. The van der Waals surface area contributed by atoms with Gasteiger partial charge in [0, 0.05) is 52.5 Å². The molecule has 3 fully saturated rings. The Morgan fingerprint density at radius 2 is 1.57 bits per heavy atom. The molecule has 1 amide bonds. The highest BCUT2D eigenvalue weighted by atomic mass is 16.1. The number of piperidine rings is 1. The number of pyridine rings is 1. The minimum Gasteiger partial charge on any atom is -0.366 e. The zero-order chi connectivity index (χ0) is 30.1. The summed E-state index contributed by atoms with van der Waals surface area (Å²) >= 11 is 0. The highest BCUT2D eigenvalue weighted by Crippen LogP contribution is 2.40. The van der Waals surface area contributed by atoms with E-state index >= 15 is 0 Å². The van der Waals surface area contributed by atoms with Crippen LogP contribution in [0.25, 0.3) is 5.57 Å². The summed E-state index contributed by atoms with van der Waals surface area (Å²) in [6, 6.07) is 2.94. The Balaban J connectivity index is 0.000000748. The monoisotopic (exact) mass is 576 g/mol. The lowest BCUT2D eigenvalue weighted by atomic mass is 9.86. The molecule has 9 heteroatoms. The van der Waals surface area contributed by atoms with Crippen molar-refractivity contribution in [2.24, 2.45) is 5.92 Å². The molecule has 0 radical (unpaired) electrons. The Morgan fingerprint density at radius 3 is 2.12 bits per heavy atom. The molecule has 42 heavy (non-hydrogen) atoms. The van der Waals surface area contributed by atoms with Gasteiger partial charge in [-0.2, -0.15) is 0 Å². The number of allylic oxidation sites excluding steroid dienone is 2. The number of piperazine rings is 1. The number of hydrogen-bond donors (Lipinski definition) is 1. The minimum atomic E-state index is 0.604. The summed E-state index contributed by atoms with van der Waals surface area (Å²) in [5, 5.41) is 3.36. The summed E-state index contributed by atoms with van der Waals surface area (Å²) in [4.78, 5) is 32.5. The molecule has 0 unspecified atom stereocenters. The van der Waals surface area contributed by atoms with Crippen molar-refractivity contribution < 1.29 is 4.79 Å². The molecule has 1 N–H and O–H groups in total. The fourth-order valence-corrected chi connectivity index (χ4v) is 6.60. The van der Waals surface area contributed by atoms with Gasteiger partial charge < -0.3 is 20.0 Å². The van der Waals surface area contributed by atoms with Crippen LogP contribution in [-0.4, -0.2) is 102 Å². The molecule has 4 heterocycles. The van der Waals surface area contributed by atoms with Crippen molar-refractivity contribution in [1.29, 1.82) is 0 Å². The van der Waals surface area contributed by atoms with E-state index in [-0.39, 0.29) is 0 Å².